The molecule has 20 heavy (non-hydrogen) atoms. The number of aromatic nitrogens is 1. The molecule has 2 heterocycles. The maximum absolute atomic E-state index is 11.1. The first-order valence-corrected chi connectivity index (χ1v) is 6.87. The zero-order chi connectivity index (χ0) is 14.8. The third-order valence-electron chi connectivity index (χ3n) is 3.80. The molecular weight excluding hydrogens is 282 g/mol. The summed E-state index contributed by atoms with van der Waals surface area (Å²) in [5, 5.41) is 11.3. The van der Waals surface area contributed by atoms with E-state index in [-0.39, 0.29) is 16.1 Å². The Morgan fingerprint density at radius 1 is 1.55 bits per heavy atom. The summed E-state index contributed by atoms with van der Waals surface area (Å²) in [6.45, 7) is 4.31. The van der Waals surface area contributed by atoms with E-state index in [0.717, 1.165) is 12.8 Å². The van der Waals surface area contributed by atoms with Crippen molar-refractivity contribution in [3.05, 3.63) is 27.4 Å². The number of ether oxygens (including phenoxy) is 1. The van der Waals surface area contributed by atoms with Gasteiger partial charge in [-0.3, -0.25) is 10.1 Å². The van der Waals surface area contributed by atoms with Gasteiger partial charge in [0.05, 0.1) is 11.5 Å². The van der Waals surface area contributed by atoms with Crippen molar-refractivity contribution in [2.45, 2.75) is 19.8 Å². The molecule has 0 radical (unpaired) electrons. The van der Waals surface area contributed by atoms with Crippen LogP contribution in [-0.4, -0.2) is 36.7 Å². The largest absolute Gasteiger partial charge is 0.384 e. The van der Waals surface area contributed by atoms with Crippen LogP contribution in [0.1, 0.15) is 19.8 Å². The number of methoxy groups -OCH3 is 1. The predicted octanol–water partition coefficient (Wildman–Crippen LogP) is 2.90. The summed E-state index contributed by atoms with van der Waals surface area (Å²) in [7, 11) is 1.70. The van der Waals surface area contributed by atoms with E-state index in [0.29, 0.717) is 25.5 Å². The average molecular weight is 300 g/mol. The van der Waals surface area contributed by atoms with Gasteiger partial charge in [0.15, 0.2) is 0 Å². The van der Waals surface area contributed by atoms with Crippen LogP contribution in [0, 0.1) is 15.5 Å². The molecular formula is C13H18ClN3O3. The molecule has 0 atom stereocenters. The average Bonchev–Trinajstić information content (AvgIpc) is 2.39. The molecule has 7 heteroatoms. The molecule has 0 N–H and O–H groups in total. The van der Waals surface area contributed by atoms with Crippen molar-refractivity contribution in [1.29, 1.82) is 0 Å². The number of rotatable bonds is 4. The maximum Gasteiger partial charge on any atom is 0.329 e. The molecule has 0 aliphatic carbocycles. The Morgan fingerprint density at radius 2 is 2.20 bits per heavy atom. The van der Waals surface area contributed by atoms with E-state index in [1.807, 2.05) is 4.90 Å². The van der Waals surface area contributed by atoms with Crippen LogP contribution in [0.3, 0.4) is 0 Å². The number of nitrogens with zero attached hydrogens (tertiary/aromatic N) is 3. The lowest BCUT2D eigenvalue weighted by atomic mass is 9.81. The van der Waals surface area contributed by atoms with E-state index in [1.54, 1.807) is 7.11 Å². The topological polar surface area (TPSA) is 68.5 Å². The van der Waals surface area contributed by atoms with Crippen molar-refractivity contribution in [1.82, 2.24) is 4.98 Å². The Labute approximate surface area is 122 Å². The summed E-state index contributed by atoms with van der Waals surface area (Å²) in [6.07, 6.45) is 3.33. The molecule has 0 spiro atoms. The van der Waals surface area contributed by atoms with Crippen LogP contribution >= 0.6 is 11.6 Å². The molecule has 1 saturated heterocycles. The second-order valence-corrected chi connectivity index (χ2v) is 5.86. The number of hydrogen-bond donors (Lipinski definition) is 0. The summed E-state index contributed by atoms with van der Waals surface area (Å²) >= 11 is 5.92. The first-order valence-electron chi connectivity index (χ1n) is 6.50. The molecule has 0 bridgehead atoms. The summed E-state index contributed by atoms with van der Waals surface area (Å²) in [6, 6.07) is 1.45. The SMILES string of the molecule is COCC1(C)CCN(c2nccc(Cl)c2[N+](=O)[O-])CC1. The fourth-order valence-corrected chi connectivity index (χ4v) is 2.78. The van der Waals surface area contributed by atoms with Crippen LogP contribution in [0.15, 0.2) is 12.3 Å². The normalized spacial score (nSPS) is 18.1. The maximum atomic E-state index is 11.1. The number of nitro groups is 1. The van der Waals surface area contributed by atoms with E-state index in [1.165, 1.54) is 12.3 Å². The number of piperidine rings is 1. The molecule has 1 aromatic rings. The molecule has 1 aliphatic heterocycles. The van der Waals surface area contributed by atoms with Gasteiger partial charge in [0.25, 0.3) is 0 Å². The smallest absolute Gasteiger partial charge is 0.329 e. The van der Waals surface area contributed by atoms with E-state index in [9.17, 15) is 10.1 Å². The Morgan fingerprint density at radius 3 is 2.75 bits per heavy atom. The molecule has 6 nitrogen and oxygen atoms in total. The molecule has 0 saturated carbocycles. The van der Waals surface area contributed by atoms with Gasteiger partial charge in [-0.25, -0.2) is 4.98 Å². The van der Waals surface area contributed by atoms with Crippen LogP contribution in [0.5, 0.6) is 0 Å². The first kappa shape index (κ1) is 15.0. The number of hydrogen-bond acceptors (Lipinski definition) is 5. The zero-order valence-electron chi connectivity index (χ0n) is 11.6. The van der Waals surface area contributed by atoms with Crippen molar-refractivity contribution < 1.29 is 9.66 Å². The van der Waals surface area contributed by atoms with Gasteiger partial charge in [-0.1, -0.05) is 18.5 Å². The highest BCUT2D eigenvalue weighted by Gasteiger charge is 2.33. The molecule has 1 fully saturated rings. The van der Waals surface area contributed by atoms with Crippen LogP contribution in [0.2, 0.25) is 5.02 Å². The fourth-order valence-electron chi connectivity index (χ4n) is 2.57. The molecule has 2 rings (SSSR count). The van der Waals surface area contributed by atoms with Crippen LogP contribution in [-0.2, 0) is 4.74 Å². The summed E-state index contributed by atoms with van der Waals surface area (Å²) < 4.78 is 5.24. The summed E-state index contributed by atoms with van der Waals surface area (Å²) in [4.78, 5) is 16.8. The highest BCUT2D eigenvalue weighted by molar-refractivity contribution is 6.33. The standard InChI is InChI=1S/C13H18ClN3O3/c1-13(9-20-2)4-7-16(8-5-13)12-11(17(18)19)10(14)3-6-15-12/h3,6H,4-5,7-9H2,1-2H3. The molecule has 1 aliphatic rings. The highest BCUT2D eigenvalue weighted by atomic mass is 35.5. The van der Waals surface area contributed by atoms with Gasteiger partial charge in [0.1, 0.15) is 5.02 Å². The molecule has 1 aromatic heterocycles. The van der Waals surface area contributed by atoms with Gasteiger partial charge >= 0.3 is 5.69 Å². The van der Waals surface area contributed by atoms with Crippen LogP contribution < -0.4 is 4.90 Å². The molecule has 0 aromatic carbocycles. The second kappa shape index (κ2) is 5.93. The Hall–Kier alpha value is -1.40. The molecule has 0 unspecified atom stereocenters. The van der Waals surface area contributed by atoms with Gasteiger partial charge in [-0.15, -0.1) is 0 Å². The minimum atomic E-state index is -0.465. The fraction of sp³-hybridized carbons (Fsp3) is 0.615. The molecule has 110 valence electrons. The minimum absolute atomic E-state index is 0.107. The minimum Gasteiger partial charge on any atom is -0.384 e. The molecule has 0 amide bonds. The third-order valence-corrected chi connectivity index (χ3v) is 4.11. The van der Waals surface area contributed by atoms with Crippen molar-refractivity contribution in [3.63, 3.8) is 0 Å². The quantitative estimate of drug-likeness (QED) is 0.631. The second-order valence-electron chi connectivity index (χ2n) is 5.45. The van der Waals surface area contributed by atoms with Gasteiger partial charge < -0.3 is 9.64 Å². The Bertz CT molecular complexity index is 502. The third kappa shape index (κ3) is 3.02. The van der Waals surface area contributed by atoms with E-state index >= 15 is 0 Å². The van der Waals surface area contributed by atoms with Gasteiger partial charge in [0, 0.05) is 26.4 Å². The summed E-state index contributed by atoms with van der Waals surface area (Å²) in [5.41, 5.74) is 0.0167. The number of pyridine rings is 1. The van der Waals surface area contributed by atoms with Crippen LogP contribution in [0.25, 0.3) is 0 Å². The Kier molecular flexibility index (Phi) is 4.45. The first-order chi connectivity index (χ1) is 9.47. The van der Waals surface area contributed by atoms with E-state index in [4.69, 9.17) is 16.3 Å². The number of anilines is 1. The van der Waals surface area contributed by atoms with Crippen molar-refractivity contribution in [3.8, 4) is 0 Å². The van der Waals surface area contributed by atoms with E-state index < -0.39 is 4.92 Å². The Balaban J connectivity index is 2.19. The lowest BCUT2D eigenvalue weighted by Crippen LogP contribution is -2.41. The lowest BCUT2D eigenvalue weighted by molar-refractivity contribution is -0.384. The summed E-state index contributed by atoms with van der Waals surface area (Å²) in [5.74, 6) is 0.363. The van der Waals surface area contributed by atoms with Crippen molar-refractivity contribution in [2.24, 2.45) is 5.41 Å². The van der Waals surface area contributed by atoms with Gasteiger partial charge in [-0.05, 0) is 24.3 Å². The van der Waals surface area contributed by atoms with Crippen molar-refractivity contribution >= 4 is 23.1 Å². The lowest BCUT2D eigenvalue weighted by Gasteiger charge is -2.39. The van der Waals surface area contributed by atoms with Crippen molar-refractivity contribution in [2.75, 3.05) is 31.7 Å². The van der Waals surface area contributed by atoms with Gasteiger partial charge in [0.2, 0.25) is 5.82 Å². The van der Waals surface area contributed by atoms with E-state index in [2.05, 4.69) is 11.9 Å². The van der Waals surface area contributed by atoms with Gasteiger partial charge in [-0.2, -0.15) is 0 Å². The highest BCUT2D eigenvalue weighted by Crippen LogP contribution is 2.37. The van der Waals surface area contributed by atoms with Crippen LogP contribution in [0.4, 0.5) is 11.5 Å². The zero-order valence-corrected chi connectivity index (χ0v) is 12.4. The predicted molar refractivity (Wildman–Crippen MR) is 77.3 cm³/mol. The number of halogens is 1. The monoisotopic (exact) mass is 299 g/mol.